The Hall–Kier alpha value is -0.0900. The van der Waals surface area contributed by atoms with Crippen LogP contribution in [0, 0.1) is 11.3 Å². The summed E-state index contributed by atoms with van der Waals surface area (Å²) in [6.45, 7) is 5.26. The van der Waals surface area contributed by atoms with Crippen molar-refractivity contribution in [3.8, 4) is 0 Å². The molecule has 3 unspecified atom stereocenters. The molecule has 0 bridgehead atoms. The highest BCUT2D eigenvalue weighted by Crippen LogP contribution is 2.64. The van der Waals surface area contributed by atoms with Crippen LogP contribution in [0.5, 0.6) is 0 Å². The summed E-state index contributed by atoms with van der Waals surface area (Å²) < 4.78 is 23.5. The lowest BCUT2D eigenvalue weighted by Gasteiger charge is -2.19. The summed E-state index contributed by atoms with van der Waals surface area (Å²) in [6.07, 6.45) is 5.63. The lowest BCUT2D eigenvalue weighted by atomic mass is 10.0. The highest BCUT2D eigenvalue weighted by atomic mass is 32.2. The number of hydrogen-bond donors (Lipinski definition) is 1. The molecule has 2 aliphatic carbocycles. The summed E-state index contributed by atoms with van der Waals surface area (Å²) >= 11 is 0. The zero-order valence-corrected chi connectivity index (χ0v) is 11.3. The molecular weight excluding hydrogens is 222 g/mol. The predicted molar refractivity (Wildman–Crippen MR) is 66.2 cm³/mol. The minimum absolute atomic E-state index is 0.0565. The van der Waals surface area contributed by atoms with Crippen molar-refractivity contribution in [3.63, 3.8) is 0 Å². The summed E-state index contributed by atoms with van der Waals surface area (Å²) in [7, 11) is -2.85. The summed E-state index contributed by atoms with van der Waals surface area (Å²) in [5.41, 5.74) is 0.148. The van der Waals surface area contributed by atoms with E-state index in [1.54, 1.807) is 0 Å². The number of sulfone groups is 1. The van der Waals surface area contributed by atoms with Crippen LogP contribution in [0.2, 0.25) is 0 Å². The molecule has 0 amide bonds. The first-order chi connectivity index (χ1) is 7.36. The summed E-state index contributed by atoms with van der Waals surface area (Å²) in [4.78, 5) is 0. The largest absolute Gasteiger partial charge is 0.314 e. The van der Waals surface area contributed by atoms with E-state index in [0.29, 0.717) is 12.0 Å². The monoisotopic (exact) mass is 245 g/mol. The van der Waals surface area contributed by atoms with E-state index in [0.717, 1.165) is 32.2 Å². The van der Waals surface area contributed by atoms with Crippen LogP contribution in [0.3, 0.4) is 0 Å². The third kappa shape index (κ3) is 2.14. The van der Waals surface area contributed by atoms with Gasteiger partial charge in [0.05, 0.1) is 5.25 Å². The molecule has 0 heterocycles. The second-order valence-electron chi connectivity index (χ2n) is 5.91. The van der Waals surface area contributed by atoms with Gasteiger partial charge in [-0.15, -0.1) is 0 Å². The zero-order chi connectivity index (χ0) is 12.0. The highest BCUT2D eigenvalue weighted by Gasteiger charge is 2.62. The molecule has 0 aromatic heterocycles. The van der Waals surface area contributed by atoms with Gasteiger partial charge in [-0.25, -0.2) is 8.42 Å². The van der Waals surface area contributed by atoms with E-state index < -0.39 is 9.84 Å². The Balaban J connectivity index is 2.00. The van der Waals surface area contributed by atoms with Gasteiger partial charge in [-0.1, -0.05) is 20.3 Å². The number of rotatable bonds is 4. The van der Waals surface area contributed by atoms with Gasteiger partial charge in [-0.05, 0) is 37.1 Å². The Bertz CT molecular complexity index is 363. The van der Waals surface area contributed by atoms with Gasteiger partial charge in [0, 0.05) is 12.3 Å². The zero-order valence-electron chi connectivity index (χ0n) is 10.5. The lowest BCUT2D eigenvalue weighted by Crippen LogP contribution is -2.31. The quantitative estimate of drug-likeness (QED) is 0.818. The van der Waals surface area contributed by atoms with Gasteiger partial charge in [0.1, 0.15) is 0 Å². The fourth-order valence-electron chi connectivity index (χ4n) is 3.46. The number of nitrogens with one attached hydrogen (secondary N) is 1. The molecule has 3 nitrogen and oxygen atoms in total. The average molecular weight is 245 g/mol. The topological polar surface area (TPSA) is 46.2 Å². The molecule has 1 spiro atoms. The lowest BCUT2D eigenvalue weighted by molar-refractivity contribution is 0.434. The molecule has 0 saturated heterocycles. The van der Waals surface area contributed by atoms with Gasteiger partial charge in [0.25, 0.3) is 0 Å². The predicted octanol–water partition coefficient (Wildman–Crippen LogP) is 1.59. The third-order valence-corrected chi connectivity index (χ3v) is 6.06. The molecule has 0 radical (unpaired) electrons. The Morgan fingerprint density at radius 2 is 2.12 bits per heavy atom. The van der Waals surface area contributed by atoms with Crippen LogP contribution in [0.1, 0.15) is 39.5 Å². The van der Waals surface area contributed by atoms with Crippen molar-refractivity contribution >= 4 is 9.84 Å². The van der Waals surface area contributed by atoms with Crippen LogP contribution in [0.25, 0.3) is 0 Å². The molecule has 2 aliphatic rings. The first-order valence-electron chi connectivity index (χ1n) is 6.28. The second-order valence-corrected chi connectivity index (χ2v) is 8.14. The molecule has 0 aliphatic heterocycles. The van der Waals surface area contributed by atoms with Crippen LogP contribution < -0.4 is 5.32 Å². The van der Waals surface area contributed by atoms with E-state index >= 15 is 0 Å². The van der Waals surface area contributed by atoms with Crippen molar-refractivity contribution in [2.24, 2.45) is 11.3 Å². The molecule has 94 valence electrons. The molecule has 3 atom stereocenters. The maximum Gasteiger partial charge on any atom is 0.150 e. The summed E-state index contributed by atoms with van der Waals surface area (Å²) in [5, 5.41) is 3.38. The van der Waals surface area contributed by atoms with E-state index in [1.807, 2.05) is 0 Å². The average Bonchev–Trinajstić information content (AvgIpc) is 2.59. The molecule has 4 heteroatoms. The SMILES string of the molecule is CC(C)NCC1CC12CCCC2S(C)(=O)=O. The fraction of sp³-hybridized carbons (Fsp3) is 1.00. The van der Waals surface area contributed by atoms with E-state index in [9.17, 15) is 8.42 Å². The first-order valence-corrected chi connectivity index (χ1v) is 8.24. The maximum absolute atomic E-state index is 11.8. The molecule has 0 aromatic carbocycles. The molecule has 2 rings (SSSR count). The van der Waals surface area contributed by atoms with E-state index in [2.05, 4.69) is 19.2 Å². The molecule has 2 saturated carbocycles. The Morgan fingerprint density at radius 3 is 2.69 bits per heavy atom. The molecule has 16 heavy (non-hydrogen) atoms. The Kier molecular flexibility index (Phi) is 3.08. The summed E-state index contributed by atoms with van der Waals surface area (Å²) in [5.74, 6) is 0.595. The maximum atomic E-state index is 11.8. The van der Waals surface area contributed by atoms with Gasteiger partial charge >= 0.3 is 0 Å². The van der Waals surface area contributed by atoms with Crippen molar-refractivity contribution in [2.75, 3.05) is 12.8 Å². The fourth-order valence-corrected chi connectivity index (χ4v) is 5.31. The first kappa shape index (κ1) is 12.4. The molecule has 0 aromatic rings. The Labute approximate surface area is 98.9 Å². The summed E-state index contributed by atoms with van der Waals surface area (Å²) in [6, 6.07) is 0.496. The number of hydrogen-bond acceptors (Lipinski definition) is 3. The molecule has 2 fully saturated rings. The minimum atomic E-state index is -2.85. The van der Waals surface area contributed by atoms with Crippen molar-refractivity contribution in [2.45, 2.75) is 50.8 Å². The van der Waals surface area contributed by atoms with Crippen molar-refractivity contribution in [1.82, 2.24) is 5.32 Å². The van der Waals surface area contributed by atoms with E-state index in [1.165, 1.54) is 6.26 Å². The van der Waals surface area contributed by atoms with Crippen LogP contribution >= 0.6 is 0 Å². The van der Waals surface area contributed by atoms with Crippen LogP contribution in [0.4, 0.5) is 0 Å². The standard InChI is InChI=1S/C12H23NO2S/c1-9(2)13-8-10-7-12(10)6-4-5-11(12)16(3,14)15/h9-11,13H,4-8H2,1-3H3. The smallest absolute Gasteiger partial charge is 0.150 e. The van der Waals surface area contributed by atoms with Crippen LogP contribution in [-0.2, 0) is 9.84 Å². The van der Waals surface area contributed by atoms with Crippen molar-refractivity contribution in [3.05, 3.63) is 0 Å². The van der Waals surface area contributed by atoms with Gasteiger partial charge in [-0.3, -0.25) is 0 Å². The molecule has 1 N–H and O–H groups in total. The van der Waals surface area contributed by atoms with Gasteiger partial charge in [0.15, 0.2) is 9.84 Å². The Morgan fingerprint density at radius 1 is 1.44 bits per heavy atom. The van der Waals surface area contributed by atoms with Crippen molar-refractivity contribution in [1.29, 1.82) is 0 Å². The van der Waals surface area contributed by atoms with E-state index in [-0.39, 0.29) is 10.7 Å². The van der Waals surface area contributed by atoms with Crippen molar-refractivity contribution < 1.29 is 8.42 Å². The third-order valence-electron chi connectivity index (χ3n) is 4.32. The molecular formula is C12H23NO2S. The van der Waals surface area contributed by atoms with E-state index in [4.69, 9.17) is 0 Å². The van der Waals surface area contributed by atoms with Gasteiger partial charge in [-0.2, -0.15) is 0 Å². The van der Waals surface area contributed by atoms with Crippen LogP contribution in [-0.4, -0.2) is 32.5 Å². The normalized spacial score (nSPS) is 38.5. The highest BCUT2D eigenvalue weighted by molar-refractivity contribution is 7.91. The van der Waals surface area contributed by atoms with Gasteiger partial charge < -0.3 is 5.32 Å². The minimum Gasteiger partial charge on any atom is -0.314 e. The second kappa shape index (κ2) is 3.98. The van der Waals surface area contributed by atoms with Gasteiger partial charge in [0.2, 0.25) is 0 Å². The van der Waals surface area contributed by atoms with Crippen LogP contribution in [0.15, 0.2) is 0 Å².